The second-order valence-electron chi connectivity index (χ2n) is 7.06. The Morgan fingerprint density at radius 3 is 3.07 bits per heavy atom. The van der Waals surface area contributed by atoms with Gasteiger partial charge in [0, 0.05) is 11.1 Å². The fraction of sp³-hybridized carbons (Fsp3) is 0.368. The number of anilines is 2. The molecule has 0 fully saturated rings. The topological polar surface area (TPSA) is 115 Å². The number of rotatable bonds is 4. The Morgan fingerprint density at radius 1 is 1.46 bits per heavy atom. The molecule has 8 nitrogen and oxygen atoms in total. The molecule has 3 heterocycles. The van der Waals surface area contributed by atoms with Crippen LogP contribution in [0.5, 0.6) is 5.75 Å². The molecule has 0 spiro atoms. The zero-order valence-electron chi connectivity index (χ0n) is 15.4. The molecular formula is C19H20N4O4S. The summed E-state index contributed by atoms with van der Waals surface area (Å²) in [7, 11) is 0. The predicted molar refractivity (Wildman–Crippen MR) is 105 cm³/mol. The van der Waals surface area contributed by atoms with Gasteiger partial charge in [-0.25, -0.2) is 4.98 Å². The van der Waals surface area contributed by atoms with Gasteiger partial charge >= 0.3 is 0 Å². The summed E-state index contributed by atoms with van der Waals surface area (Å²) in [6.45, 7) is 1.80. The summed E-state index contributed by atoms with van der Waals surface area (Å²) in [6.07, 6.45) is 4.17. The van der Waals surface area contributed by atoms with Crippen molar-refractivity contribution < 1.29 is 19.1 Å². The monoisotopic (exact) mass is 400 g/mol. The molecule has 0 saturated carbocycles. The normalized spacial score (nSPS) is 18.1. The largest absolute Gasteiger partial charge is 0.480 e. The number of hydrogen-bond acceptors (Lipinski definition) is 6. The minimum absolute atomic E-state index is 0.149. The molecule has 4 rings (SSSR count). The Hall–Kier alpha value is -2.94. The molecule has 0 saturated heterocycles. The third kappa shape index (κ3) is 3.33. The molecule has 1 aliphatic carbocycles. The van der Waals surface area contributed by atoms with Gasteiger partial charge in [0.05, 0.1) is 5.56 Å². The van der Waals surface area contributed by atoms with E-state index in [0.717, 1.165) is 29.7 Å². The highest BCUT2D eigenvalue weighted by molar-refractivity contribution is 7.17. The summed E-state index contributed by atoms with van der Waals surface area (Å²) >= 11 is 1.39. The maximum Gasteiger partial charge on any atom is 0.266 e. The van der Waals surface area contributed by atoms with Crippen LogP contribution in [0.1, 0.15) is 34.1 Å². The number of amides is 3. The standard InChI is InChI=1S/C19H20N4O4S/c1-10-4-5-11-13(7-10)28-19(16(11)17(20)26)22-14(24)8-23-15(25)9-27-12-3-2-6-21-18(12)23/h2-3,6,10H,4-5,7-9H2,1H3,(H2,20,26)(H,22,24). The minimum atomic E-state index is -0.545. The van der Waals surface area contributed by atoms with E-state index in [2.05, 4.69) is 17.2 Å². The molecule has 1 atom stereocenters. The molecule has 3 N–H and O–H groups in total. The van der Waals surface area contributed by atoms with Crippen molar-refractivity contribution in [2.24, 2.45) is 11.7 Å². The van der Waals surface area contributed by atoms with E-state index in [-0.39, 0.29) is 19.1 Å². The second kappa shape index (κ2) is 7.23. The molecule has 0 aromatic carbocycles. The fourth-order valence-corrected chi connectivity index (χ4v) is 5.04. The maximum absolute atomic E-state index is 12.7. The molecular weight excluding hydrogens is 380 g/mol. The lowest BCUT2D eigenvalue weighted by Crippen LogP contribution is -2.44. The van der Waals surface area contributed by atoms with Gasteiger partial charge in [-0.3, -0.25) is 19.3 Å². The van der Waals surface area contributed by atoms with Gasteiger partial charge in [-0.1, -0.05) is 6.92 Å². The van der Waals surface area contributed by atoms with Crippen LogP contribution in [0, 0.1) is 5.92 Å². The molecule has 0 radical (unpaired) electrons. The summed E-state index contributed by atoms with van der Waals surface area (Å²) in [6, 6.07) is 3.39. The van der Waals surface area contributed by atoms with Gasteiger partial charge in [-0.2, -0.15) is 0 Å². The third-order valence-corrected chi connectivity index (χ3v) is 6.14. The molecule has 146 valence electrons. The first-order valence-electron chi connectivity index (χ1n) is 9.06. The number of primary amides is 1. The van der Waals surface area contributed by atoms with Gasteiger partial charge in [0.1, 0.15) is 11.5 Å². The second-order valence-corrected chi connectivity index (χ2v) is 8.17. The first kappa shape index (κ1) is 18.4. The zero-order valence-corrected chi connectivity index (χ0v) is 16.2. The number of carbonyl (C=O) groups is 3. The summed E-state index contributed by atoms with van der Waals surface area (Å²) in [5, 5.41) is 3.24. The van der Waals surface area contributed by atoms with Crippen molar-refractivity contribution in [3.8, 4) is 5.75 Å². The highest BCUT2D eigenvalue weighted by Crippen LogP contribution is 2.39. The number of nitrogens with two attached hydrogens (primary N) is 1. The van der Waals surface area contributed by atoms with E-state index >= 15 is 0 Å². The van der Waals surface area contributed by atoms with Gasteiger partial charge in [0.25, 0.3) is 11.8 Å². The smallest absolute Gasteiger partial charge is 0.266 e. The first-order valence-corrected chi connectivity index (χ1v) is 9.88. The molecule has 9 heteroatoms. The summed E-state index contributed by atoms with van der Waals surface area (Å²) in [4.78, 5) is 43.4. The van der Waals surface area contributed by atoms with E-state index in [0.29, 0.717) is 28.0 Å². The lowest BCUT2D eigenvalue weighted by atomic mass is 9.88. The Labute approximate surface area is 165 Å². The Kier molecular flexibility index (Phi) is 4.76. The van der Waals surface area contributed by atoms with Crippen LogP contribution < -0.4 is 20.7 Å². The number of carbonyl (C=O) groups excluding carboxylic acids is 3. The van der Waals surface area contributed by atoms with E-state index in [1.54, 1.807) is 12.1 Å². The molecule has 2 aromatic rings. The van der Waals surface area contributed by atoms with Crippen molar-refractivity contribution in [1.29, 1.82) is 0 Å². The van der Waals surface area contributed by atoms with Gasteiger partial charge in [-0.15, -0.1) is 11.3 Å². The summed E-state index contributed by atoms with van der Waals surface area (Å²) in [5.74, 6) is -0.0193. The Bertz CT molecular complexity index is 971. The highest BCUT2D eigenvalue weighted by atomic mass is 32.1. The van der Waals surface area contributed by atoms with Crippen LogP contribution in [0.25, 0.3) is 0 Å². The van der Waals surface area contributed by atoms with E-state index < -0.39 is 11.8 Å². The first-order chi connectivity index (χ1) is 13.4. The Balaban J connectivity index is 1.57. The van der Waals surface area contributed by atoms with E-state index in [4.69, 9.17) is 10.5 Å². The lowest BCUT2D eigenvalue weighted by molar-refractivity contribution is -0.123. The van der Waals surface area contributed by atoms with E-state index in [1.807, 2.05) is 0 Å². The fourth-order valence-electron chi connectivity index (χ4n) is 3.61. The van der Waals surface area contributed by atoms with Crippen LogP contribution in [0.3, 0.4) is 0 Å². The number of nitrogens with one attached hydrogen (secondary N) is 1. The third-order valence-electron chi connectivity index (χ3n) is 4.97. The number of hydrogen-bond donors (Lipinski definition) is 2. The molecule has 1 aliphatic heterocycles. The van der Waals surface area contributed by atoms with Crippen molar-refractivity contribution in [2.45, 2.75) is 26.2 Å². The molecule has 2 aromatic heterocycles. The molecule has 3 amide bonds. The maximum atomic E-state index is 12.7. The summed E-state index contributed by atoms with van der Waals surface area (Å²) in [5.41, 5.74) is 6.93. The number of aromatic nitrogens is 1. The van der Waals surface area contributed by atoms with Crippen molar-refractivity contribution in [2.75, 3.05) is 23.4 Å². The number of nitrogens with zero attached hydrogens (tertiary/aromatic N) is 2. The van der Waals surface area contributed by atoms with Gasteiger partial charge in [-0.05, 0) is 42.9 Å². The van der Waals surface area contributed by atoms with Crippen molar-refractivity contribution in [3.63, 3.8) is 0 Å². The van der Waals surface area contributed by atoms with Crippen molar-refractivity contribution in [3.05, 3.63) is 34.3 Å². The van der Waals surface area contributed by atoms with Crippen molar-refractivity contribution >= 4 is 39.9 Å². The molecule has 0 bridgehead atoms. The minimum Gasteiger partial charge on any atom is -0.480 e. The average Bonchev–Trinajstić information content (AvgIpc) is 3.01. The zero-order chi connectivity index (χ0) is 19.8. The average molecular weight is 400 g/mol. The molecule has 28 heavy (non-hydrogen) atoms. The quantitative estimate of drug-likeness (QED) is 0.811. The number of ether oxygens (including phenoxy) is 1. The number of thiophene rings is 1. The van der Waals surface area contributed by atoms with Crippen LogP contribution in [-0.2, 0) is 22.4 Å². The number of pyridine rings is 1. The van der Waals surface area contributed by atoms with Gasteiger partial charge in [0.2, 0.25) is 5.91 Å². The van der Waals surface area contributed by atoms with Crippen LogP contribution in [-0.4, -0.2) is 35.9 Å². The molecule has 2 aliphatic rings. The highest BCUT2D eigenvalue weighted by Gasteiger charge is 2.30. The van der Waals surface area contributed by atoms with Crippen LogP contribution in [0.15, 0.2) is 18.3 Å². The van der Waals surface area contributed by atoms with Crippen LogP contribution >= 0.6 is 11.3 Å². The lowest BCUT2D eigenvalue weighted by Gasteiger charge is -2.27. The predicted octanol–water partition coefficient (Wildman–Crippen LogP) is 1.73. The van der Waals surface area contributed by atoms with Gasteiger partial charge < -0.3 is 15.8 Å². The SMILES string of the molecule is CC1CCc2c(sc(NC(=O)CN3C(=O)COc4cccnc43)c2C(N)=O)C1. The van der Waals surface area contributed by atoms with E-state index in [1.165, 1.54) is 22.4 Å². The number of fused-ring (bicyclic) bond motifs is 2. The van der Waals surface area contributed by atoms with E-state index in [9.17, 15) is 14.4 Å². The summed E-state index contributed by atoms with van der Waals surface area (Å²) < 4.78 is 5.34. The van der Waals surface area contributed by atoms with Crippen LogP contribution in [0.2, 0.25) is 0 Å². The van der Waals surface area contributed by atoms with Crippen LogP contribution in [0.4, 0.5) is 10.8 Å². The Morgan fingerprint density at radius 2 is 2.29 bits per heavy atom. The molecule has 1 unspecified atom stereocenters. The van der Waals surface area contributed by atoms with Crippen molar-refractivity contribution in [1.82, 2.24) is 4.98 Å². The van der Waals surface area contributed by atoms with Gasteiger partial charge in [0.15, 0.2) is 18.2 Å².